The highest BCUT2D eigenvalue weighted by molar-refractivity contribution is 6.28. The number of nitrogens with two attached hydrogens (primary N) is 1. The van der Waals surface area contributed by atoms with Crippen LogP contribution < -0.4 is 26.6 Å². The van der Waals surface area contributed by atoms with Gasteiger partial charge in [0, 0.05) is 68.8 Å². The van der Waals surface area contributed by atoms with Crippen molar-refractivity contribution in [3.63, 3.8) is 0 Å². The summed E-state index contributed by atoms with van der Waals surface area (Å²) < 4.78 is 42.7. The molecule has 0 spiro atoms. The summed E-state index contributed by atoms with van der Waals surface area (Å²) in [4.78, 5) is 61.2. The van der Waals surface area contributed by atoms with E-state index in [1.54, 1.807) is 30.8 Å². The van der Waals surface area contributed by atoms with Crippen molar-refractivity contribution >= 4 is 50.7 Å². The summed E-state index contributed by atoms with van der Waals surface area (Å²) in [6.07, 6.45) is 3.08. The molecule has 4 aromatic heterocycles. The Kier molecular flexibility index (Phi) is 12.4. The van der Waals surface area contributed by atoms with Crippen LogP contribution in [0.4, 0.5) is 25.8 Å². The molecule has 0 saturated carbocycles. The third kappa shape index (κ3) is 8.71. The van der Waals surface area contributed by atoms with Crippen LogP contribution in [0.25, 0.3) is 33.7 Å². The first-order valence-electron chi connectivity index (χ1n) is 17.6. The highest BCUT2D eigenvalue weighted by Gasteiger charge is 2.21. The minimum Gasteiger partial charge on any atom is -0.496 e. The average molecular weight is 856 g/mol. The van der Waals surface area contributed by atoms with E-state index in [0.717, 1.165) is 40.8 Å². The second-order valence-corrected chi connectivity index (χ2v) is 13.0. The number of aromatic nitrogens is 8. The molecule has 0 amide bonds. The van der Waals surface area contributed by atoms with Gasteiger partial charge in [-0.2, -0.15) is 13.8 Å². The van der Waals surface area contributed by atoms with Crippen LogP contribution in [0.15, 0.2) is 107 Å². The van der Waals surface area contributed by atoms with Gasteiger partial charge in [-0.1, -0.05) is 24.3 Å². The number of para-hydroxylation sites is 4. The second kappa shape index (κ2) is 17.8. The number of anilines is 1. The Balaban J connectivity index is 0.000000170. The molecule has 2 N–H and O–H groups in total. The van der Waals surface area contributed by atoms with Gasteiger partial charge in [0.25, 0.3) is 0 Å². The number of methoxy groups -OCH3 is 2. The molecular weight excluding hydrogens is 824 g/mol. The smallest absolute Gasteiger partial charge is 0.334 e. The molecule has 0 radical (unpaired) electrons. The quantitative estimate of drug-likeness (QED) is 0.0817. The van der Waals surface area contributed by atoms with Gasteiger partial charge in [-0.3, -0.25) is 29.4 Å². The van der Waals surface area contributed by atoms with E-state index >= 15 is 0 Å². The summed E-state index contributed by atoms with van der Waals surface area (Å²) in [5.74, 6) is -0.591. The normalized spacial score (nSPS) is 10.7. The van der Waals surface area contributed by atoms with Gasteiger partial charge in [0.2, 0.25) is 16.9 Å². The summed E-state index contributed by atoms with van der Waals surface area (Å²) in [6.45, 7) is 0. The zero-order chi connectivity index (χ0) is 44.1. The van der Waals surface area contributed by atoms with Crippen molar-refractivity contribution in [2.75, 3.05) is 20.0 Å². The van der Waals surface area contributed by atoms with Crippen molar-refractivity contribution in [3.8, 4) is 23.1 Å². The van der Waals surface area contributed by atoms with Gasteiger partial charge in [-0.15, -0.1) is 0 Å². The Morgan fingerprint density at radius 1 is 0.689 bits per heavy atom. The predicted octanol–water partition coefficient (Wildman–Crippen LogP) is 5.86. The summed E-state index contributed by atoms with van der Waals surface area (Å²) in [5.41, 5.74) is 7.06. The minimum absolute atomic E-state index is 0.0376. The molecule has 61 heavy (non-hydrogen) atoms. The molecule has 0 aliphatic rings. The number of imidazole rings is 2. The molecule has 0 aliphatic heterocycles. The van der Waals surface area contributed by atoms with Crippen LogP contribution in [-0.4, -0.2) is 62.3 Å². The Morgan fingerprint density at radius 3 is 1.64 bits per heavy atom. The highest BCUT2D eigenvalue weighted by Crippen LogP contribution is 2.30. The summed E-state index contributed by atoms with van der Waals surface area (Å²) in [7, 11) is 6.05. The first-order chi connectivity index (χ1) is 29.1. The van der Waals surface area contributed by atoms with Gasteiger partial charge >= 0.3 is 22.8 Å². The number of aryl methyl sites for hydroxylation is 2. The summed E-state index contributed by atoms with van der Waals surface area (Å²) in [6, 6.07) is 21.9. The molecule has 8 aromatic rings. The number of nitro groups is 2. The lowest BCUT2D eigenvalue weighted by Gasteiger charge is -2.09. The third-order valence-corrected chi connectivity index (χ3v) is 9.26. The van der Waals surface area contributed by atoms with Crippen LogP contribution in [0, 0.1) is 31.9 Å². The van der Waals surface area contributed by atoms with E-state index in [0.29, 0.717) is 28.5 Å². The van der Waals surface area contributed by atoms with Gasteiger partial charge in [-0.25, -0.2) is 33.7 Å². The number of benzene rings is 4. The van der Waals surface area contributed by atoms with Gasteiger partial charge in [0.15, 0.2) is 0 Å². The van der Waals surface area contributed by atoms with E-state index in [-0.39, 0.29) is 40.3 Å². The number of rotatable bonds is 8. The van der Waals surface area contributed by atoms with Crippen molar-refractivity contribution in [3.05, 3.63) is 167 Å². The molecule has 8 rings (SSSR count). The largest absolute Gasteiger partial charge is 0.496 e. The average Bonchev–Trinajstić information content (AvgIpc) is 3.66. The fraction of sp³-hybridized carbons (Fsp3) is 0.128. The number of nitrogen functional groups attached to an aromatic ring is 1. The van der Waals surface area contributed by atoms with Crippen LogP contribution in [0.1, 0.15) is 11.4 Å². The molecule has 22 heteroatoms. The van der Waals surface area contributed by atoms with E-state index in [9.17, 15) is 38.6 Å². The Morgan fingerprint density at radius 2 is 1.15 bits per heavy atom. The molecule has 0 atom stereocenters. The fourth-order valence-electron chi connectivity index (χ4n) is 6.18. The van der Waals surface area contributed by atoms with Gasteiger partial charge in [-0.05, 0) is 41.9 Å². The van der Waals surface area contributed by atoms with Crippen LogP contribution in [0.5, 0.6) is 11.5 Å². The summed E-state index contributed by atoms with van der Waals surface area (Å²) in [5, 5.41) is 21.4. The third-order valence-electron chi connectivity index (χ3n) is 9.08. The fourth-order valence-corrected chi connectivity index (χ4v) is 6.32. The maximum Gasteiger partial charge on any atom is 0.334 e. The molecule has 0 unspecified atom stereocenters. The van der Waals surface area contributed by atoms with Gasteiger partial charge in [0.05, 0.1) is 51.8 Å². The monoisotopic (exact) mass is 855 g/mol. The zero-order valence-corrected chi connectivity index (χ0v) is 33.2. The second-order valence-electron chi connectivity index (χ2n) is 12.7. The van der Waals surface area contributed by atoms with Crippen LogP contribution in [-0.2, 0) is 20.5 Å². The number of hydrogen-bond donors (Lipinski definition) is 1. The molecule has 0 saturated heterocycles. The zero-order valence-electron chi connectivity index (χ0n) is 32.4. The molecule has 0 fully saturated rings. The van der Waals surface area contributed by atoms with Crippen LogP contribution in [0.2, 0.25) is 5.28 Å². The minimum atomic E-state index is -0.988. The first-order valence-corrected chi connectivity index (χ1v) is 17.9. The Hall–Kier alpha value is -8.07. The first kappa shape index (κ1) is 42.5. The maximum atomic E-state index is 13.9. The number of halogens is 3. The van der Waals surface area contributed by atoms with Gasteiger partial charge in [0.1, 0.15) is 29.0 Å². The van der Waals surface area contributed by atoms with E-state index in [2.05, 4.69) is 24.7 Å². The van der Waals surface area contributed by atoms with Crippen LogP contribution in [0.3, 0.4) is 0 Å². The SMILES string of the molecule is COc1cc(F)c([N+](=O)[O-])cc1Cc1nccc(-n2c(=O)n(C)c3ccccc32)n1.COc1cc(F)c([N+](=O)[O-])cc1N.Cn1c(=O)n(-c2ccnc(Cl)n2)c2ccccc21. The number of nitro benzene ring substituents is 2. The molecule has 4 aromatic carbocycles. The standard InChI is InChI=1S/C20H16FN5O4.C12H9ClN4O.C7H7FN2O3/c1-24-14-5-3-4-6-15(14)25(20(24)27)19-7-8-22-18(23-19)10-12-9-16(26(28)29)13(21)11-17(12)30-2;1-16-8-4-2-3-5-9(8)17(12(16)18)10-6-7-14-11(13)15-10;1-13-7-2-4(8)6(10(11)12)3-5(7)9/h3-9,11H,10H2,1-2H3;2-7H,1H3;2-3H,9H2,1H3. The summed E-state index contributed by atoms with van der Waals surface area (Å²) >= 11 is 5.76. The van der Waals surface area contributed by atoms with Crippen LogP contribution >= 0.6 is 11.6 Å². The van der Waals surface area contributed by atoms with Crippen molar-refractivity contribution < 1.29 is 28.1 Å². The lowest BCUT2D eigenvalue weighted by atomic mass is 10.1. The van der Waals surface area contributed by atoms with Crippen molar-refractivity contribution in [1.29, 1.82) is 0 Å². The Bertz CT molecular complexity index is 3100. The van der Waals surface area contributed by atoms with E-state index in [1.807, 2.05) is 48.5 Å². The van der Waals surface area contributed by atoms with Crippen molar-refractivity contribution in [2.24, 2.45) is 14.1 Å². The molecular formula is C39H32ClF2N11O8. The lowest BCUT2D eigenvalue weighted by molar-refractivity contribution is -0.387. The van der Waals surface area contributed by atoms with E-state index < -0.39 is 32.9 Å². The Labute approximate surface area is 346 Å². The van der Waals surface area contributed by atoms with Crippen molar-refractivity contribution in [2.45, 2.75) is 6.42 Å². The van der Waals surface area contributed by atoms with Crippen molar-refractivity contribution in [1.82, 2.24) is 38.2 Å². The molecule has 4 heterocycles. The molecule has 312 valence electrons. The van der Waals surface area contributed by atoms with E-state index in [1.165, 1.54) is 40.3 Å². The highest BCUT2D eigenvalue weighted by atomic mass is 35.5. The number of fused-ring (bicyclic) bond motifs is 2. The van der Waals surface area contributed by atoms with Gasteiger partial charge < -0.3 is 15.2 Å². The molecule has 0 aliphatic carbocycles. The predicted molar refractivity (Wildman–Crippen MR) is 220 cm³/mol. The topological polar surface area (TPSA) is 236 Å². The maximum absolute atomic E-state index is 13.9. The lowest BCUT2D eigenvalue weighted by Crippen LogP contribution is -2.22. The number of ether oxygens (including phenoxy) is 2. The van der Waals surface area contributed by atoms with E-state index in [4.69, 9.17) is 22.1 Å². The molecule has 19 nitrogen and oxygen atoms in total. The number of hydrogen-bond acceptors (Lipinski definition) is 13. The molecule has 0 bridgehead atoms. The number of nitrogens with zero attached hydrogens (tertiary/aromatic N) is 10.